The Bertz CT molecular complexity index is 794. The van der Waals surface area contributed by atoms with Gasteiger partial charge < -0.3 is 5.32 Å². The lowest BCUT2D eigenvalue weighted by molar-refractivity contribution is 0.834. The molecule has 0 fully saturated rings. The minimum Gasteiger partial charge on any atom is -0.383 e. The highest BCUT2D eigenvalue weighted by atomic mass is 15.1. The van der Waals surface area contributed by atoms with Crippen molar-refractivity contribution in [1.82, 2.24) is 0 Å². The van der Waals surface area contributed by atoms with Crippen molar-refractivity contribution in [3.05, 3.63) is 66.7 Å². The van der Waals surface area contributed by atoms with Crippen molar-refractivity contribution in [3.63, 3.8) is 0 Å². The second kappa shape index (κ2) is 7.54. The first kappa shape index (κ1) is 15.2. The highest BCUT2D eigenvalue weighted by Gasteiger charge is 2.06. The van der Waals surface area contributed by atoms with E-state index in [4.69, 9.17) is 0 Å². The van der Waals surface area contributed by atoms with Crippen LogP contribution >= 0.6 is 0 Å². The Morgan fingerprint density at radius 1 is 0.826 bits per heavy atom. The van der Waals surface area contributed by atoms with Crippen LogP contribution in [0.2, 0.25) is 0 Å². The van der Waals surface area contributed by atoms with Crippen molar-refractivity contribution < 1.29 is 0 Å². The summed E-state index contributed by atoms with van der Waals surface area (Å²) in [6.45, 7) is 3.14. The smallest absolute Gasteiger partial charge is 0.117 e. The largest absolute Gasteiger partial charge is 0.383 e. The van der Waals surface area contributed by atoms with E-state index in [1.165, 1.54) is 11.8 Å². The molecule has 0 aliphatic rings. The third-order valence-corrected chi connectivity index (χ3v) is 3.77. The van der Waals surface area contributed by atoms with Crippen LogP contribution < -0.4 is 5.32 Å². The fraction of sp³-hybridized carbons (Fsp3) is 0.200. The first-order valence-electron chi connectivity index (χ1n) is 8.11. The maximum Gasteiger partial charge on any atom is 0.117 e. The number of rotatable bonds is 6. The second-order valence-electron chi connectivity index (χ2n) is 5.50. The number of fused-ring (bicyclic) bond motifs is 1. The molecule has 0 atom stereocenters. The summed E-state index contributed by atoms with van der Waals surface area (Å²) in [6.07, 6.45) is 2.31. The molecule has 3 rings (SSSR count). The van der Waals surface area contributed by atoms with Gasteiger partial charge in [0, 0.05) is 11.9 Å². The summed E-state index contributed by atoms with van der Waals surface area (Å²) in [5.74, 6) is 0. The molecule has 3 aromatic rings. The Hall–Kier alpha value is -2.68. The van der Waals surface area contributed by atoms with Crippen LogP contribution in [0.1, 0.15) is 19.8 Å². The van der Waals surface area contributed by atoms with Crippen LogP contribution in [0.4, 0.5) is 17.1 Å². The predicted octanol–water partition coefficient (Wildman–Crippen LogP) is 6.47. The monoisotopic (exact) mass is 303 g/mol. The lowest BCUT2D eigenvalue weighted by Gasteiger charge is -2.11. The lowest BCUT2D eigenvalue weighted by Crippen LogP contribution is -2.01. The fourth-order valence-electron chi connectivity index (χ4n) is 2.51. The van der Waals surface area contributed by atoms with E-state index in [0.717, 1.165) is 35.4 Å². The van der Waals surface area contributed by atoms with Gasteiger partial charge in [-0.2, -0.15) is 5.11 Å². The fourth-order valence-corrected chi connectivity index (χ4v) is 2.51. The summed E-state index contributed by atoms with van der Waals surface area (Å²) >= 11 is 0. The molecule has 23 heavy (non-hydrogen) atoms. The zero-order chi connectivity index (χ0) is 15.9. The molecule has 0 amide bonds. The number of azo groups is 1. The Labute approximate surface area is 137 Å². The van der Waals surface area contributed by atoms with Crippen molar-refractivity contribution in [2.75, 3.05) is 11.9 Å². The Balaban J connectivity index is 2.00. The molecule has 0 bridgehead atoms. The van der Waals surface area contributed by atoms with Crippen LogP contribution in [0.5, 0.6) is 0 Å². The van der Waals surface area contributed by atoms with E-state index >= 15 is 0 Å². The number of nitrogens with zero attached hydrogens (tertiary/aromatic N) is 2. The molecule has 0 heterocycles. The van der Waals surface area contributed by atoms with Gasteiger partial charge in [0.2, 0.25) is 0 Å². The SMILES string of the molecule is CCCCNc1ccc2ccccc2c1N=Nc1ccccc1. The topological polar surface area (TPSA) is 36.8 Å². The molecule has 116 valence electrons. The van der Waals surface area contributed by atoms with Crippen LogP contribution in [0, 0.1) is 0 Å². The summed E-state index contributed by atoms with van der Waals surface area (Å²) in [6, 6.07) is 22.3. The van der Waals surface area contributed by atoms with Crippen LogP contribution in [0.3, 0.4) is 0 Å². The molecule has 0 aliphatic heterocycles. The maximum atomic E-state index is 4.55. The number of nitrogens with one attached hydrogen (secondary N) is 1. The zero-order valence-electron chi connectivity index (χ0n) is 13.4. The number of hydrogen-bond acceptors (Lipinski definition) is 3. The predicted molar refractivity (Wildman–Crippen MR) is 98.0 cm³/mol. The van der Waals surface area contributed by atoms with E-state index < -0.39 is 0 Å². The second-order valence-corrected chi connectivity index (χ2v) is 5.50. The first-order valence-corrected chi connectivity index (χ1v) is 8.11. The van der Waals surface area contributed by atoms with E-state index in [1.54, 1.807) is 0 Å². The maximum absolute atomic E-state index is 4.55. The minimum absolute atomic E-state index is 0.861. The molecule has 3 nitrogen and oxygen atoms in total. The number of anilines is 1. The molecule has 0 saturated carbocycles. The first-order chi connectivity index (χ1) is 11.4. The summed E-state index contributed by atoms with van der Waals surface area (Å²) < 4.78 is 0. The Kier molecular flexibility index (Phi) is 4.99. The Morgan fingerprint density at radius 2 is 1.61 bits per heavy atom. The quantitative estimate of drug-likeness (QED) is 0.411. The molecule has 0 radical (unpaired) electrons. The molecule has 0 unspecified atom stereocenters. The minimum atomic E-state index is 0.861. The third-order valence-electron chi connectivity index (χ3n) is 3.77. The summed E-state index contributed by atoms with van der Waals surface area (Å²) in [5.41, 5.74) is 2.81. The molecular formula is C20H21N3. The highest BCUT2D eigenvalue weighted by molar-refractivity contribution is 5.98. The summed E-state index contributed by atoms with van der Waals surface area (Å²) in [7, 11) is 0. The summed E-state index contributed by atoms with van der Waals surface area (Å²) in [4.78, 5) is 0. The van der Waals surface area contributed by atoms with Crippen LogP contribution in [0.15, 0.2) is 77.0 Å². The van der Waals surface area contributed by atoms with E-state index in [9.17, 15) is 0 Å². The van der Waals surface area contributed by atoms with Crippen molar-refractivity contribution >= 4 is 27.8 Å². The molecule has 3 aromatic carbocycles. The molecule has 1 N–H and O–H groups in total. The zero-order valence-corrected chi connectivity index (χ0v) is 13.4. The number of benzene rings is 3. The average Bonchev–Trinajstić information content (AvgIpc) is 2.61. The van der Waals surface area contributed by atoms with Crippen molar-refractivity contribution in [2.45, 2.75) is 19.8 Å². The van der Waals surface area contributed by atoms with Crippen LogP contribution in [0.25, 0.3) is 10.8 Å². The molecule has 0 aromatic heterocycles. The van der Waals surface area contributed by atoms with Crippen molar-refractivity contribution in [1.29, 1.82) is 0 Å². The molecule has 0 saturated heterocycles. The van der Waals surface area contributed by atoms with Gasteiger partial charge in [0.15, 0.2) is 0 Å². The van der Waals surface area contributed by atoms with Gasteiger partial charge in [-0.1, -0.05) is 61.9 Å². The normalized spacial score (nSPS) is 11.2. The van der Waals surface area contributed by atoms with Crippen molar-refractivity contribution in [3.8, 4) is 0 Å². The van der Waals surface area contributed by atoms with Gasteiger partial charge in [0.25, 0.3) is 0 Å². The van der Waals surface area contributed by atoms with Gasteiger partial charge in [-0.3, -0.25) is 0 Å². The number of unbranched alkanes of at least 4 members (excludes halogenated alkanes) is 1. The third kappa shape index (κ3) is 3.75. The molecule has 0 spiro atoms. The molecular weight excluding hydrogens is 282 g/mol. The van der Waals surface area contributed by atoms with E-state index in [1.807, 2.05) is 42.5 Å². The standard InChI is InChI=1S/C20H21N3/c1-2-3-15-21-19-14-13-16-9-7-8-12-18(16)20(19)23-22-17-10-5-4-6-11-17/h4-14,21H,2-3,15H2,1H3. The molecule has 0 aliphatic carbocycles. The lowest BCUT2D eigenvalue weighted by atomic mass is 10.1. The Morgan fingerprint density at radius 3 is 2.43 bits per heavy atom. The molecule has 3 heteroatoms. The van der Waals surface area contributed by atoms with Crippen LogP contribution in [-0.4, -0.2) is 6.54 Å². The highest BCUT2D eigenvalue weighted by Crippen LogP contribution is 2.35. The van der Waals surface area contributed by atoms with Crippen LogP contribution in [-0.2, 0) is 0 Å². The van der Waals surface area contributed by atoms with E-state index in [0.29, 0.717) is 0 Å². The van der Waals surface area contributed by atoms with Gasteiger partial charge in [-0.15, -0.1) is 5.11 Å². The van der Waals surface area contributed by atoms with Gasteiger partial charge in [0.1, 0.15) is 5.69 Å². The van der Waals surface area contributed by atoms with Gasteiger partial charge in [-0.25, -0.2) is 0 Å². The summed E-state index contributed by atoms with van der Waals surface area (Å²) in [5, 5.41) is 14.7. The van der Waals surface area contributed by atoms with Gasteiger partial charge in [0.05, 0.1) is 11.4 Å². The van der Waals surface area contributed by atoms with Gasteiger partial charge in [-0.05, 0) is 30.0 Å². The van der Waals surface area contributed by atoms with Crippen molar-refractivity contribution in [2.24, 2.45) is 10.2 Å². The average molecular weight is 303 g/mol. The number of hydrogen-bond donors (Lipinski definition) is 1. The van der Waals surface area contributed by atoms with E-state index in [2.05, 4.69) is 46.7 Å². The van der Waals surface area contributed by atoms with Gasteiger partial charge >= 0.3 is 0 Å². The van der Waals surface area contributed by atoms with E-state index in [-0.39, 0.29) is 0 Å².